The fourth-order valence-corrected chi connectivity index (χ4v) is 3.34. The Bertz CT molecular complexity index is 182. The molecule has 76 valence electrons. The molecule has 0 aromatic rings. The van der Waals surface area contributed by atoms with E-state index in [9.17, 15) is 0 Å². The van der Waals surface area contributed by atoms with E-state index in [0.717, 1.165) is 17.8 Å². The van der Waals surface area contributed by atoms with Gasteiger partial charge >= 0.3 is 0 Å². The molecule has 2 atom stereocenters. The Hall–Kier alpha value is -0.0400. The van der Waals surface area contributed by atoms with Crippen molar-refractivity contribution in [1.29, 1.82) is 0 Å². The molecule has 2 aliphatic rings. The number of rotatable bonds is 3. The lowest BCUT2D eigenvalue weighted by Crippen LogP contribution is -2.28. The van der Waals surface area contributed by atoms with Gasteiger partial charge in [-0.15, -0.1) is 0 Å². The van der Waals surface area contributed by atoms with E-state index in [2.05, 4.69) is 13.8 Å². The molecule has 1 nitrogen and oxygen atoms in total. The number of nitrogens with two attached hydrogens (primary N) is 1. The van der Waals surface area contributed by atoms with E-state index in [-0.39, 0.29) is 5.54 Å². The Morgan fingerprint density at radius 3 is 2.46 bits per heavy atom. The van der Waals surface area contributed by atoms with Crippen molar-refractivity contribution < 1.29 is 0 Å². The van der Waals surface area contributed by atoms with E-state index in [1.807, 2.05) is 0 Å². The van der Waals surface area contributed by atoms with Crippen LogP contribution in [-0.4, -0.2) is 5.54 Å². The average molecular weight is 181 g/mol. The minimum absolute atomic E-state index is 0.253. The molecule has 0 aromatic carbocycles. The monoisotopic (exact) mass is 181 g/mol. The molecule has 0 spiro atoms. The Kier molecular flexibility index (Phi) is 2.39. The molecule has 2 aliphatic carbocycles. The molecule has 0 amide bonds. The van der Waals surface area contributed by atoms with Gasteiger partial charge in [0.2, 0.25) is 0 Å². The quantitative estimate of drug-likeness (QED) is 0.711. The van der Waals surface area contributed by atoms with Crippen LogP contribution >= 0.6 is 0 Å². The fraction of sp³-hybridized carbons (Fsp3) is 1.00. The summed E-state index contributed by atoms with van der Waals surface area (Å²) in [6.45, 7) is 4.58. The highest BCUT2D eigenvalue weighted by Gasteiger charge is 2.54. The predicted octanol–water partition coefficient (Wildman–Crippen LogP) is 2.94. The van der Waals surface area contributed by atoms with Crippen LogP contribution in [0.15, 0.2) is 0 Å². The maximum atomic E-state index is 6.37. The van der Waals surface area contributed by atoms with E-state index in [4.69, 9.17) is 5.73 Å². The third-order valence-corrected chi connectivity index (χ3v) is 3.94. The van der Waals surface area contributed by atoms with Crippen molar-refractivity contribution in [3.8, 4) is 0 Å². The fourth-order valence-electron chi connectivity index (χ4n) is 3.34. The topological polar surface area (TPSA) is 26.0 Å². The van der Waals surface area contributed by atoms with Crippen molar-refractivity contribution >= 4 is 0 Å². The summed E-state index contributed by atoms with van der Waals surface area (Å²) >= 11 is 0. The van der Waals surface area contributed by atoms with Crippen molar-refractivity contribution in [1.82, 2.24) is 0 Å². The van der Waals surface area contributed by atoms with Crippen LogP contribution in [0.3, 0.4) is 0 Å². The first kappa shape index (κ1) is 9.51. The first-order valence-electron chi connectivity index (χ1n) is 5.91. The van der Waals surface area contributed by atoms with Gasteiger partial charge in [0.1, 0.15) is 0 Å². The van der Waals surface area contributed by atoms with Gasteiger partial charge in [0.25, 0.3) is 0 Å². The van der Waals surface area contributed by atoms with E-state index in [1.165, 1.54) is 38.5 Å². The predicted molar refractivity (Wildman–Crippen MR) is 56.4 cm³/mol. The normalized spacial score (nSPS) is 40.2. The Morgan fingerprint density at radius 2 is 1.92 bits per heavy atom. The van der Waals surface area contributed by atoms with E-state index in [0.29, 0.717) is 0 Å². The first-order chi connectivity index (χ1) is 6.12. The van der Waals surface area contributed by atoms with Crippen LogP contribution in [0.5, 0.6) is 0 Å². The minimum Gasteiger partial charge on any atom is -0.325 e. The lowest BCUT2D eigenvalue weighted by atomic mass is 9.93. The highest BCUT2D eigenvalue weighted by atomic mass is 14.9. The van der Waals surface area contributed by atoms with Crippen molar-refractivity contribution in [2.45, 2.75) is 57.9 Å². The Labute approximate surface area is 82.1 Å². The summed E-state index contributed by atoms with van der Waals surface area (Å²) < 4.78 is 0. The zero-order valence-corrected chi connectivity index (χ0v) is 9.05. The van der Waals surface area contributed by atoms with Gasteiger partial charge in [0.15, 0.2) is 0 Å². The zero-order chi connectivity index (χ0) is 9.47. The molecule has 13 heavy (non-hydrogen) atoms. The Morgan fingerprint density at radius 1 is 1.31 bits per heavy atom. The summed E-state index contributed by atoms with van der Waals surface area (Å²) in [4.78, 5) is 0. The molecular weight excluding hydrogens is 158 g/mol. The van der Waals surface area contributed by atoms with Crippen LogP contribution in [0.4, 0.5) is 0 Å². The zero-order valence-electron chi connectivity index (χ0n) is 9.05. The maximum absolute atomic E-state index is 6.37. The van der Waals surface area contributed by atoms with Gasteiger partial charge in [-0.05, 0) is 30.6 Å². The minimum atomic E-state index is 0.253. The second kappa shape index (κ2) is 3.27. The van der Waals surface area contributed by atoms with Crippen LogP contribution in [-0.2, 0) is 0 Å². The summed E-state index contributed by atoms with van der Waals surface area (Å²) in [6, 6.07) is 0. The number of hydrogen-bond donors (Lipinski definition) is 1. The average Bonchev–Trinajstić information content (AvgIpc) is 2.50. The standard InChI is InChI=1S/C12H23N/c1-9(2)7-12(13)8-11(12)10-5-3-4-6-10/h9-11H,3-8,13H2,1-2H3. The largest absolute Gasteiger partial charge is 0.325 e. The molecule has 2 N–H and O–H groups in total. The SMILES string of the molecule is CC(C)CC1(N)CC1C1CCCC1. The van der Waals surface area contributed by atoms with Crippen LogP contribution in [0.2, 0.25) is 0 Å². The summed E-state index contributed by atoms with van der Waals surface area (Å²) in [5.41, 5.74) is 6.62. The van der Waals surface area contributed by atoms with E-state index < -0.39 is 0 Å². The third kappa shape index (κ3) is 1.90. The van der Waals surface area contributed by atoms with Gasteiger partial charge in [0.05, 0.1) is 0 Å². The highest BCUT2D eigenvalue weighted by Crippen LogP contribution is 2.54. The van der Waals surface area contributed by atoms with Gasteiger partial charge < -0.3 is 5.73 Å². The Balaban J connectivity index is 1.85. The molecule has 0 heterocycles. The smallest absolute Gasteiger partial charge is 0.0192 e. The van der Waals surface area contributed by atoms with Gasteiger partial charge in [-0.2, -0.15) is 0 Å². The van der Waals surface area contributed by atoms with Crippen molar-refractivity contribution in [3.63, 3.8) is 0 Å². The lowest BCUT2D eigenvalue weighted by molar-refractivity contribution is 0.380. The molecule has 2 unspecified atom stereocenters. The van der Waals surface area contributed by atoms with Crippen molar-refractivity contribution in [2.24, 2.45) is 23.5 Å². The third-order valence-electron chi connectivity index (χ3n) is 3.94. The van der Waals surface area contributed by atoms with Crippen molar-refractivity contribution in [2.75, 3.05) is 0 Å². The van der Waals surface area contributed by atoms with Gasteiger partial charge in [0, 0.05) is 5.54 Å². The van der Waals surface area contributed by atoms with Gasteiger partial charge in [-0.3, -0.25) is 0 Å². The van der Waals surface area contributed by atoms with E-state index >= 15 is 0 Å². The van der Waals surface area contributed by atoms with Gasteiger partial charge in [-0.25, -0.2) is 0 Å². The molecule has 0 aliphatic heterocycles. The second-order valence-electron chi connectivity index (χ2n) is 5.69. The summed E-state index contributed by atoms with van der Waals surface area (Å²) in [7, 11) is 0. The van der Waals surface area contributed by atoms with Crippen LogP contribution in [0, 0.1) is 17.8 Å². The molecule has 1 heteroatoms. The summed E-state index contributed by atoms with van der Waals surface area (Å²) in [6.07, 6.45) is 8.39. The lowest BCUT2D eigenvalue weighted by Gasteiger charge is -2.17. The first-order valence-corrected chi connectivity index (χ1v) is 5.91. The molecule has 0 bridgehead atoms. The van der Waals surface area contributed by atoms with Crippen LogP contribution in [0.25, 0.3) is 0 Å². The molecule has 0 saturated heterocycles. The summed E-state index contributed by atoms with van der Waals surface area (Å²) in [5.74, 6) is 2.65. The van der Waals surface area contributed by atoms with Gasteiger partial charge in [-0.1, -0.05) is 39.5 Å². The highest BCUT2D eigenvalue weighted by molar-refractivity contribution is 5.10. The van der Waals surface area contributed by atoms with Crippen LogP contribution in [0.1, 0.15) is 52.4 Å². The maximum Gasteiger partial charge on any atom is 0.0192 e. The molecule has 2 rings (SSSR count). The van der Waals surface area contributed by atoms with Crippen LogP contribution < -0.4 is 5.73 Å². The molecule has 2 fully saturated rings. The number of hydrogen-bond acceptors (Lipinski definition) is 1. The molecule has 0 aromatic heterocycles. The second-order valence-corrected chi connectivity index (χ2v) is 5.69. The molecule has 0 radical (unpaired) electrons. The molecular formula is C12H23N. The van der Waals surface area contributed by atoms with Crippen molar-refractivity contribution in [3.05, 3.63) is 0 Å². The molecule has 2 saturated carbocycles. The van der Waals surface area contributed by atoms with E-state index in [1.54, 1.807) is 0 Å². The summed E-state index contributed by atoms with van der Waals surface area (Å²) in [5, 5.41) is 0.